The number of anilines is 1. The minimum Gasteiger partial charge on any atom is -0.372 e. The van der Waals surface area contributed by atoms with Crippen LogP contribution in [0, 0.1) is 0 Å². The zero-order valence-corrected chi connectivity index (χ0v) is 11.9. The van der Waals surface area contributed by atoms with Crippen molar-refractivity contribution in [2.45, 2.75) is 26.8 Å². The average molecular weight is 274 g/mol. The van der Waals surface area contributed by atoms with E-state index in [0.717, 1.165) is 18.8 Å². The molecule has 0 saturated heterocycles. The van der Waals surface area contributed by atoms with E-state index < -0.39 is 12.0 Å². The minimum absolute atomic E-state index is 0.481. The molecule has 0 bridgehead atoms. The van der Waals surface area contributed by atoms with Crippen molar-refractivity contribution in [3.05, 3.63) is 24.3 Å². The van der Waals surface area contributed by atoms with Gasteiger partial charge in [-0.2, -0.15) is 10.2 Å². The highest BCUT2D eigenvalue weighted by molar-refractivity contribution is 6.07. The van der Waals surface area contributed by atoms with Crippen molar-refractivity contribution in [2.24, 2.45) is 15.4 Å². The Morgan fingerprint density at radius 2 is 1.90 bits per heavy atom. The fourth-order valence-electron chi connectivity index (χ4n) is 1.96. The highest BCUT2D eigenvalue weighted by atomic mass is 16.7. The highest BCUT2D eigenvalue weighted by Crippen LogP contribution is 2.21. The van der Waals surface area contributed by atoms with Crippen LogP contribution in [0.3, 0.4) is 0 Å². The van der Waals surface area contributed by atoms with Gasteiger partial charge in [-0.25, -0.2) is 4.79 Å². The summed E-state index contributed by atoms with van der Waals surface area (Å²) >= 11 is 0. The summed E-state index contributed by atoms with van der Waals surface area (Å²) in [5, 5.41) is 11.6. The molecule has 106 valence electrons. The van der Waals surface area contributed by atoms with Crippen molar-refractivity contribution in [3.8, 4) is 0 Å². The Morgan fingerprint density at radius 3 is 2.40 bits per heavy atom. The van der Waals surface area contributed by atoms with Crippen LogP contribution in [0.1, 0.15) is 20.8 Å². The average Bonchev–Trinajstić information content (AvgIpc) is 2.78. The SMILES string of the molecule is CCN(CC)c1ccc(N=N[C@@H]2C(=O)ON=C2C)cc1. The molecule has 2 rings (SSSR count). The van der Waals surface area contributed by atoms with Crippen LogP contribution < -0.4 is 4.90 Å². The molecule has 0 N–H and O–H groups in total. The van der Waals surface area contributed by atoms with Crippen LogP contribution in [0.2, 0.25) is 0 Å². The number of carbonyl (C=O) groups is 1. The summed E-state index contributed by atoms with van der Waals surface area (Å²) < 4.78 is 0. The van der Waals surface area contributed by atoms with E-state index >= 15 is 0 Å². The van der Waals surface area contributed by atoms with Gasteiger partial charge < -0.3 is 9.74 Å². The minimum atomic E-state index is -0.711. The molecule has 1 heterocycles. The molecule has 0 aliphatic carbocycles. The molecule has 0 unspecified atom stereocenters. The van der Waals surface area contributed by atoms with Crippen LogP contribution in [0.25, 0.3) is 0 Å². The first-order valence-electron chi connectivity index (χ1n) is 6.67. The Hall–Kier alpha value is -2.24. The fraction of sp³-hybridized carbons (Fsp3) is 0.429. The molecule has 1 atom stereocenters. The summed E-state index contributed by atoms with van der Waals surface area (Å²) in [6.45, 7) is 7.84. The summed E-state index contributed by atoms with van der Waals surface area (Å²) in [5.41, 5.74) is 2.37. The maximum Gasteiger partial charge on any atom is 0.367 e. The lowest BCUT2D eigenvalue weighted by Gasteiger charge is -2.20. The Labute approximate surface area is 118 Å². The van der Waals surface area contributed by atoms with Gasteiger partial charge in [-0.1, -0.05) is 5.16 Å². The highest BCUT2D eigenvalue weighted by Gasteiger charge is 2.29. The Balaban J connectivity index is 2.07. The van der Waals surface area contributed by atoms with Gasteiger partial charge in [-0.3, -0.25) is 0 Å². The monoisotopic (exact) mass is 274 g/mol. The number of benzene rings is 1. The number of azo groups is 1. The molecular weight excluding hydrogens is 256 g/mol. The van der Waals surface area contributed by atoms with Crippen molar-refractivity contribution in [2.75, 3.05) is 18.0 Å². The topological polar surface area (TPSA) is 66.6 Å². The van der Waals surface area contributed by atoms with Gasteiger partial charge in [-0.15, -0.1) is 0 Å². The van der Waals surface area contributed by atoms with Crippen molar-refractivity contribution in [1.29, 1.82) is 0 Å². The second-order valence-corrected chi connectivity index (χ2v) is 4.45. The molecule has 1 aromatic rings. The molecular formula is C14H18N4O2. The summed E-state index contributed by atoms with van der Waals surface area (Å²) in [6.07, 6.45) is 0. The Kier molecular flexibility index (Phi) is 4.45. The van der Waals surface area contributed by atoms with Crippen LogP contribution in [0.4, 0.5) is 11.4 Å². The first kappa shape index (κ1) is 14.2. The quantitative estimate of drug-likeness (QED) is 0.612. The lowest BCUT2D eigenvalue weighted by molar-refractivity contribution is -0.141. The molecule has 6 heteroatoms. The molecule has 20 heavy (non-hydrogen) atoms. The maximum atomic E-state index is 11.3. The normalized spacial score (nSPS) is 18.2. The maximum absolute atomic E-state index is 11.3. The zero-order valence-electron chi connectivity index (χ0n) is 11.9. The molecule has 0 amide bonds. The van der Waals surface area contributed by atoms with E-state index in [-0.39, 0.29) is 0 Å². The lowest BCUT2D eigenvalue weighted by atomic mass is 10.2. The number of hydrogen-bond donors (Lipinski definition) is 0. The van der Waals surface area contributed by atoms with Gasteiger partial charge in [-0.05, 0) is 45.0 Å². The van der Waals surface area contributed by atoms with Crippen LogP contribution in [0.15, 0.2) is 39.6 Å². The third-order valence-corrected chi connectivity index (χ3v) is 3.17. The molecule has 0 aromatic heterocycles. The Morgan fingerprint density at radius 1 is 1.25 bits per heavy atom. The first-order valence-corrected chi connectivity index (χ1v) is 6.67. The number of oxime groups is 1. The molecule has 0 fully saturated rings. The standard InChI is InChI=1S/C14H18N4O2/c1-4-18(5-2)12-8-6-11(7-9-12)15-16-13-10(3)17-20-14(13)19/h6-9,13H,4-5H2,1-3H3/t13-/m0/s1. The van der Waals surface area contributed by atoms with Crippen molar-refractivity contribution in [3.63, 3.8) is 0 Å². The van der Waals surface area contributed by atoms with Crippen molar-refractivity contribution in [1.82, 2.24) is 0 Å². The van der Waals surface area contributed by atoms with E-state index in [1.807, 2.05) is 24.3 Å². The first-order chi connectivity index (χ1) is 9.65. The number of hydrogen-bond acceptors (Lipinski definition) is 6. The van der Waals surface area contributed by atoms with E-state index in [4.69, 9.17) is 0 Å². The lowest BCUT2D eigenvalue weighted by Crippen LogP contribution is -2.21. The van der Waals surface area contributed by atoms with Gasteiger partial charge in [0.05, 0.1) is 11.4 Å². The van der Waals surface area contributed by atoms with Crippen molar-refractivity contribution >= 4 is 23.1 Å². The second-order valence-electron chi connectivity index (χ2n) is 4.45. The smallest absolute Gasteiger partial charge is 0.367 e. The van der Waals surface area contributed by atoms with Crippen LogP contribution >= 0.6 is 0 Å². The third kappa shape index (κ3) is 3.01. The predicted octanol–water partition coefficient (Wildman–Crippen LogP) is 2.92. The molecule has 0 radical (unpaired) electrons. The van der Waals surface area contributed by atoms with Gasteiger partial charge in [0, 0.05) is 18.8 Å². The van der Waals surface area contributed by atoms with Gasteiger partial charge in [0.15, 0.2) is 0 Å². The van der Waals surface area contributed by atoms with E-state index in [2.05, 4.69) is 39.0 Å². The number of carbonyl (C=O) groups excluding carboxylic acids is 1. The largest absolute Gasteiger partial charge is 0.372 e. The Bertz CT molecular complexity index is 533. The molecule has 1 aliphatic rings. The van der Waals surface area contributed by atoms with E-state index in [9.17, 15) is 4.79 Å². The second kappa shape index (κ2) is 6.27. The summed E-state index contributed by atoms with van der Waals surface area (Å²) in [6, 6.07) is 7.04. The summed E-state index contributed by atoms with van der Waals surface area (Å²) in [4.78, 5) is 18.1. The van der Waals surface area contributed by atoms with E-state index in [0.29, 0.717) is 11.4 Å². The van der Waals surface area contributed by atoms with Crippen LogP contribution in [0.5, 0.6) is 0 Å². The summed E-state index contributed by atoms with van der Waals surface area (Å²) in [5.74, 6) is -0.481. The zero-order chi connectivity index (χ0) is 14.5. The van der Waals surface area contributed by atoms with Gasteiger partial charge >= 0.3 is 5.97 Å². The fourth-order valence-corrected chi connectivity index (χ4v) is 1.96. The molecule has 1 aromatic carbocycles. The van der Waals surface area contributed by atoms with Gasteiger partial charge in [0.2, 0.25) is 6.04 Å². The molecule has 0 spiro atoms. The molecule has 6 nitrogen and oxygen atoms in total. The molecule has 0 saturated carbocycles. The summed E-state index contributed by atoms with van der Waals surface area (Å²) in [7, 11) is 0. The van der Waals surface area contributed by atoms with Crippen molar-refractivity contribution < 1.29 is 9.63 Å². The number of rotatable bonds is 5. The third-order valence-electron chi connectivity index (χ3n) is 3.17. The van der Waals surface area contributed by atoms with Gasteiger partial charge in [0.25, 0.3) is 0 Å². The van der Waals surface area contributed by atoms with Crippen LogP contribution in [-0.2, 0) is 9.63 Å². The predicted molar refractivity (Wildman–Crippen MR) is 77.5 cm³/mol. The van der Waals surface area contributed by atoms with Gasteiger partial charge in [0.1, 0.15) is 0 Å². The number of nitrogens with zero attached hydrogens (tertiary/aromatic N) is 4. The van der Waals surface area contributed by atoms with E-state index in [1.54, 1.807) is 6.92 Å². The van der Waals surface area contributed by atoms with Crippen LogP contribution in [-0.4, -0.2) is 30.8 Å². The molecule has 1 aliphatic heterocycles. The van der Waals surface area contributed by atoms with E-state index in [1.165, 1.54) is 0 Å².